The largest absolute Gasteiger partial charge is 0.344 e. The van der Waals surface area contributed by atoms with Crippen LogP contribution >= 0.6 is 0 Å². The summed E-state index contributed by atoms with van der Waals surface area (Å²) in [6.07, 6.45) is 7.74. The molecule has 1 aliphatic heterocycles. The fourth-order valence-electron chi connectivity index (χ4n) is 3.30. The second kappa shape index (κ2) is 5.96. The molecule has 0 spiro atoms. The minimum Gasteiger partial charge on any atom is -0.344 e. The predicted molar refractivity (Wildman–Crippen MR) is 90.9 cm³/mol. The number of anilines is 1. The van der Waals surface area contributed by atoms with E-state index in [1.54, 1.807) is 6.20 Å². The number of benzene rings is 1. The highest BCUT2D eigenvalue weighted by Crippen LogP contribution is 2.40. The van der Waals surface area contributed by atoms with Crippen molar-refractivity contribution in [1.29, 1.82) is 0 Å². The Labute approximate surface area is 140 Å². The molecule has 3 aromatic rings. The molecule has 1 aliphatic rings. The molecule has 1 amide bonds. The topological polar surface area (TPSA) is 77.7 Å². The molecule has 2 N–H and O–H groups in total. The zero-order valence-electron chi connectivity index (χ0n) is 13.5. The van der Waals surface area contributed by atoms with Crippen LogP contribution in [-0.2, 0) is 12.8 Å². The van der Waals surface area contributed by atoms with Crippen molar-refractivity contribution in [3.05, 3.63) is 65.8 Å². The van der Waals surface area contributed by atoms with Gasteiger partial charge in [0.2, 0.25) is 0 Å². The summed E-state index contributed by atoms with van der Waals surface area (Å²) in [5.74, 6) is 0.749. The number of amides is 1. The van der Waals surface area contributed by atoms with Crippen molar-refractivity contribution in [3.63, 3.8) is 0 Å². The Morgan fingerprint density at radius 2 is 2.21 bits per heavy atom. The number of imidazole rings is 2. The second-order valence-electron chi connectivity index (χ2n) is 6.03. The normalized spacial score (nSPS) is 16.4. The summed E-state index contributed by atoms with van der Waals surface area (Å²) >= 11 is 0. The molecule has 3 heterocycles. The molecule has 24 heavy (non-hydrogen) atoms. The van der Waals surface area contributed by atoms with Crippen LogP contribution in [0.1, 0.15) is 47.0 Å². The molecule has 6 heteroatoms. The van der Waals surface area contributed by atoms with Gasteiger partial charge in [-0.25, -0.2) is 9.97 Å². The zero-order chi connectivity index (χ0) is 16.5. The fraction of sp³-hybridized carbons (Fsp3) is 0.278. The van der Waals surface area contributed by atoms with Gasteiger partial charge in [0.25, 0.3) is 5.91 Å². The van der Waals surface area contributed by atoms with E-state index in [1.165, 1.54) is 6.33 Å². The molecule has 0 radical (unpaired) electrons. The molecule has 0 aliphatic carbocycles. The molecular weight excluding hydrogens is 302 g/mol. The lowest BCUT2D eigenvalue weighted by atomic mass is 10.1. The van der Waals surface area contributed by atoms with E-state index in [2.05, 4.69) is 32.9 Å². The number of nitrogens with zero attached hydrogens (tertiary/aromatic N) is 3. The van der Waals surface area contributed by atoms with Gasteiger partial charge in [0, 0.05) is 24.0 Å². The van der Waals surface area contributed by atoms with E-state index in [-0.39, 0.29) is 11.9 Å². The van der Waals surface area contributed by atoms with Crippen molar-refractivity contribution < 1.29 is 4.79 Å². The lowest BCUT2D eigenvalue weighted by Gasteiger charge is -2.23. The monoisotopic (exact) mass is 321 g/mol. The van der Waals surface area contributed by atoms with E-state index < -0.39 is 0 Å². The van der Waals surface area contributed by atoms with Gasteiger partial charge in [0.1, 0.15) is 11.5 Å². The van der Waals surface area contributed by atoms with E-state index >= 15 is 0 Å². The first kappa shape index (κ1) is 14.7. The molecule has 1 aromatic carbocycles. The zero-order valence-corrected chi connectivity index (χ0v) is 13.5. The van der Waals surface area contributed by atoms with Gasteiger partial charge in [-0.05, 0) is 18.1 Å². The van der Waals surface area contributed by atoms with Gasteiger partial charge >= 0.3 is 0 Å². The summed E-state index contributed by atoms with van der Waals surface area (Å²) in [6.45, 7) is 2.14. The molecular formula is C18H19N5O. The predicted octanol–water partition coefficient (Wildman–Crippen LogP) is 3.03. The first-order valence-corrected chi connectivity index (χ1v) is 8.21. The number of hydrogen-bond acceptors (Lipinski definition) is 3. The van der Waals surface area contributed by atoms with Crippen LogP contribution in [0.15, 0.2) is 43.0 Å². The minimum atomic E-state index is -0.121. The highest BCUT2D eigenvalue weighted by atomic mass is 16.2. The van der Waals surface area contributed by atoms with Gasteiger partial charge in [-0.2, -0.15) is 0 Å². The number of fused-ring (bicyclic) bond motifs is 1. The lowest BCUT2D eigenvalue weighted by molar-refractivity contribution is 0.0974. The summed E-state index contributed by atoms with van der Waals surface area (Å²) in [4.78, 5) is 29.6. The van der Waals surface area contributed by atoms with Crippen LogP contribution in [0.5, 0.6) is 0 Å². The number of aromatic amines is 2. The third kappa shape index (κ3) is 2.40. The lowest BCUT2D eigenvalue weighted by Crippen LogP contribution is -2.33. The average Bonchev–Trinajstić information content (AvgIpc) is 3.33. The van der Waals surface area contributed by atoms with E-state index in [0.717, 1.165) is 42.0 Å². The van der Waals surface area contributed by atoms with Gasteiger partial charge in [0.05, 0.1) is 18.6 Å². The van der Waals surface area contributed by atoms with Gasteiger partial charge in [-0.15, -0.1) is 0 Å². The molecule has 0 bridgehead atoms. The number of rotatable bonds is 4. The SMILES string of the molecule is CCCc1cnc([C@@H]2Cc3ccccc3N2C(=O)c2cnc[nH]2)[nH]1. The third-order valence-electron chi connectivity index (χ3n) is 4.41. The number of nitrogens with one attached hydrogen (secondary N) is 2. The van der Waals surface area contributed by atoms with Crippen molar-refractivity contribution >= 4 is 11.6 Å². The van der Waals surface area contributed by atoms with Crippen molar-refractivity contribution in [2.75, 3.05) is 4.90 Å². The Bertz CT molecular complexity index is 852. The smallest absolute Gasteiger partial charge is 0.277 e. The molecule has 0 fully saturated rings. The van der Waals surface area contributed by atoms with Crippen LogP contribution in [0.25, 0.3) is 0 Å². The highest BCUT2D eigenvalue weighted by Gasteiger charge is 2.37. The van der Waals surface area contributed by atoms with Crippen molar-refractivity contribution in [2.24, 2.45) is 0 Å². The Hall–Kier alpha value is -2.89. The maximum Gasteiger partial charge on any atom is 0.277 e. The Morgan fingerprint density at radius 3 is 3.00 bits per heavy atom. The molecule has 6 nitrogen and oxygen atoms in total. The summed E-state index contributed by atoms with van der Waals surface area (Å²) in [6, 6.07) is 7.89. The van der Waals surface area contributed by atoms with Crippen LogP contribution in [0.3, 0.4) is 0 Å². The fourth-order valence-corrected chi connectivity index (χ4v) is 3.30. The van der Waals surface area contributed by atoms with Crippen molar-refractivity contribution in [1.82, 2.24) is 19.9 Å². The first-order chi connectivity index (χ1) is 11.8. The average molecular weight is 321 g/mol. The number of aryl methyl sites for hydroxylation is 1. The van der Waals surface area contributed by atoms with Crippen molar-refractivity contribution in [2.45, 2.75) is 32.2 Å². The maximum atomic E-state index is 13.0. The Balaban J connectivity index is 1.74. The quantitative estimate of drug-likeness (QED) is 0.775. The number of carbonyl (C=O) groups is 1. The van der Waals surface area contributed by atoms with Crippen LogP contribution < -0.4 is 4.90 Å². The summed E-state index contributed by atoms with van der Waals surface area (Å²) in [5, 5.41) is 0. The van der Waals surface area contributed by atoms with Crippen molar-refractivity contribution in [3.8, 4) is 0 Å². The standard InChI is InChI=1S/C18H19N5O/c1-2-5-13-9-20-17(22-13)16-8-12-6-3-4-7-15(12)23(16)18(24)14-10-19-11-21-14/h3-4,6-7,9-11,16H,2,5,8H2,1H3,(H,19,21)(H,20,22)/t16-/m0/s1. The molecule has 0 unspecified atom stereocenters. The number of para-hydroxylation sites is 1. The number of carbonyl (C=O) groups excluding carboxylic acids is 1. The van der Waals surface area contributed by atoms with E-state index in [1.807, 2.05) is 29.3 Å². The molecule has 4 rings (SSSR count). The van der Waals surface area contributed by atoms with Gasteiger partial charge in [0.15, 0.2) is 0 Å². The van der Waals surface area contributed by atoms with Crippen LogP contribution in [0, 0.1) is 0 Å². The Morgan fingerprint density at radius 1 is 1.33 bits per heavy atom. The first-order valence-electron chi connectivity index (χ1n) is 8.21. The third-order valence-corrected chi connectivity index (χ3v) is 4.41. The van der Waals surface area contributed by atoms with Gasteiger partial charge in [-0.3, -0.25) is 9.69 Å². The Kier molecular flexibility index (Phi) is 3.65. The number of H-pyrrole nitrogens is 2. The second-order valence-corrected chi connectivity index (χ2v) is 6.03. The van der Waals surface area contributed by atoms with Gasteiger partial charge in [-0.1, -0.05) is 31.5 Å². The summed E-state index contributed by atoms with van der Waals surface area (Å²) in [5.41, 5.74) is 3.69. The van der Waals surface area contributed by atoms with Gasteiger partial charge < -0.3 is 9.97 Å². The van der Waals surface area contributed by atoms with E-state index in [9.17, 15) is 4.79 Å². The number of aromatic nitrogens is 4. The molecule has 0 saturated carbocycles. The van der Waals surface area contributed by atoms with E-state index in [4.69, 9.17) is 0 Å². The van der Waals surface area contributed by atoms with Crippen LogP contribution in [0.2, 0.25) is 0 Å². The molecule has 122 valence electrons. The molecule has 2 aromatic heterocycles. The summed E-state index contributed by atoms with van der Waals surface area (Å²) in [7, 11) is 0. The highest BCUT2D eigenvalue weighted by molar-refractivity contribution is 6.06. The molecule has 0 saturated heterocycles. The number of hydrogen-bond donors (Lipinski definition) is 2. The van der Waals surface area contributed by atoms with Crippen LogP contribution in [-0.4, -0.2) is 25.8 Å². The summed E-state index contributed by atoms with van der Waals surface area (Å²) < 4.78 is 0. The van der Waals surface area contributed by atoms with Crippen LogP contribution in [0.4, 0.5) is 5.69 Å². The maximum absolute atomic E-state index is 13.0. The molecule has 1 atom stereocenters. The minimum absolute atomic E-state index is 0.0871. The van der Waals surface area contributed by atoms with E-state index in [0.29, 0.717) is 5.69 Å².